The molecule has 3 aromatic rings. The second-order valence-corrected chi connectivity index (χ2v) is 4.01. The van der Waals surface area contributed by atoms with Crippen molar-refractivity contribution in [3.8, 4) is 22.8 Å². The van der Waals surface area contributed by atoms with Crippen molar-refractivity contribution in [1.82, 2.24) is 9.38 Å². The summed E-state index contributed by atoms with van der Waals surface area (Å²) in [6.07, 6.45) is 3.82. The fraction of sp³-hybridized carbons (Fsp3) is 0.0714. The maximum absolute atomic E-state index is 9.48. The van der Waals surface area contributed by atoms with Crippen molar-refractivity contribution < 1.29 is 9.84 Å². The van der Waals surface area contributed by atoms with Crippen LogP contribution in [0.5, 0.6) is 11.5 Å². The Bertz CT molecular complexity index is 704. The Morgan fingerprint density at radius 2 is 2.11 bits per heavy atom. The van der Waals surface area contributed by atoms with Gasteiger partial charge in [0, 0.05) is 24.0 Å². The summed E-state index contributed by atoms with van der Waals surface area (Å²) in [6, 6.07) is 10.8. The zero-order valence-corrected chi connectivity index (χ0v) is 9.87. The van der Waals surface area contributed by atoms with Crippen LogP contribution in [-0.4, -0.2) is 21.6 Å². The van der Waals surface area contributed by atoms with Gasteiger partial charge in [0.05, 0.1) is 12.8 Å². The molecule has 0 aliphatic heterocycles. The highest BCUT2D eigenvalue weighted by Crippen LogP contribution is 2.24. The standard InChI is InChI=1S/C14H12N2O2/c1-18-12-5-6-16-9-13(15-14(16)8-12)10-3-2-4-11(17)7-10/h2-9,17H,1H3. The van der Waals surface area contributed by atoms with Gasteiger partial charge in [0.2, 0.25) is 0 Å². The minimum atomic E-state index is 0.238. The smallest absolute Gasteiger partial charge is 0.141 e. The third kappa shape index (κ3) is 1.78. The second kappa shape index (κ2) is 4.07. The molecule has 2 heterocycles. The minimum absolute atomic E-state index is 0.238. The summed E-state index contributed by atoms with van der Waals surface area (Å²) < 4.78 is 7.08. The highest BCUT2D eigenvalue weighted by Gasteiger charge is 2.05. The van der Waals surface area contributed by atoms with Crippen LogP contribution in [0.3, 0.4) is 0 Å². The first-order chi connectivity index (χ1) is 8.76. The Labute approximate surface area is 104 Å². The topological polar surface area (TPSA) is 46.8 Å². The molecule has 4 nitrogen and oxygen atoms in total. The average Bonchev–Trinajstić information content (AvgIpc) is 2.81. The molecule has 18 heavy (non-hydrogen) atoms. The van der Waals surface area contributed by atoms with Gasteiger partial charge in [0.15, 0.2) is 0 Å². The fourth-order valence-electron chi connectivity index (χ4n) is 1.89. The van der Waals surface area contributed by atoms with E-state index in [1.165, 1.54) is 0 Å². The van der Waals surface area contributed by atoms with Crippen LogP contribution in [0.4, 0.5) is 0 Å². The number of pyridine rings is 1. The van der Waals surface area contributed by atoms with Crippen molar-refractivity contribution in [3.63, 3.8) is 0 Å². The lowest BCUT2D eigenvalue weighted by Crippen LogP contribution is -1.86. The number of fused-ring (bicyclic) bond motifs is 1. The van der Waals surface area contributed by atoms with Gasteiger partial charge in [0.1, 0.15) is 17.1 Å². The maximum Gasteiger partial charge on any atom is 0.141 e. The number of rotatable bonds is 2. The van der Waals surface area contributed by atoms with E-state index in [-0.39, 0.29) is 5.75 Å². The fourth-order valence-corrected chi connectivity index (χ4v) is 1.89. The molecule has 4 heteroatoms. The van der Waals surface area contributed by atoms with Gasteiger partial charge in [-0.15, -0.1) is 0 Å². The number of ether oxygens (including phenoxy) is 1. The van der Waals surface area contributed by atoms with Gasteiger partial charge >= 0.3 is 0 Å². The third-order valence-corrected chi connectivity index (χ3v) is 2.81. The number of methoxy groups -OCH3 is 1. The maximum atomic E-state index is 9.48. The van der Waals surface area contributed by atoms with Crippen molar-refractivity contribution >= 4 is 5.65 Å². The predicted molar refractivity (Wildman–Crippen MR) is 68.8 cm³/mol. The third-order valence-electron chi connectivity index (χ3n) is 2.81. The Balaban J connectivity index is 2.13. The number of hydrogen-bond donors (Lipinski definition) is 1. The summed E-state index contributed by atoms with van der Waals surface area (Å²) in [7, 11) is 1.63. The van der Waals surface area contributed by atoms with Crippen LogP contribution >= 0.6 is 0 Å². The molecule has 0 saturated carbocycles. The molecule has 1 N–H and O–H groups in total. The Hall–Kier alpha value is -2.49. The van der Waals surface area contributed by atoms with Crippen molar-refractivity contribution in [1.29, 1.82) is 0 Å². The SMILES string of the molecule is COc1ccn2cc(-c3cccc(O)c3)nc2c1. The van der Waals surface area contributed by atoms with E-state index < -0.39 is 0 Å². The lowest BCUT2D eigenvalue weighted by molar-refractivity contribution is 0.414. The molecule has 0 unspecified atom stereocenters. The number of phenols is 1. The van der Waals surface area contributed by atoms with E-state index in [0.29, 0.717) is 0 Å². The second-order valence-electron chi connectivity index (χ2n) is 4.01. The van der Waals surface area contributed by atoms with Gasteiger partial charge in [-0.1, -0.05) is 12.1 Å². The molecule has 0 radical (unpaired) electrons. The summed E-state index contributed by atoms with van der Waals surface area (Å²) in [4.78, 5) is 4.50. The number of phenolic OH excluding ortho intramolecular Hbond substituents is 1. The lowest BCUT2D eigenvalue weighted by atomic mass is 10.2. The summed E-state index contributed by atoms with van der Waals surface area (Å²) in [5, 5.41) is 9.48. The van der Waals surface area contributed by atoms with Gasteiger partial charge in [-0.3, -0.25) is 0 Å². The van der Waals surface area contributed by atoms with E-state index in [4.69, 9.17) is 4.74 Å². The predicted octanol–water partition coefficient (Wildman–Crippen LogP) is 2.72. The zero-order valence-electron chi connectivity index (χ0n) is 9.87. The van der Waals surface area contributed by atoms with Crippen LogP contribution in [0.2, 0.25) is 0 Å². The molecule has 0 fully saturated rings. The highest BCUT2D eigenvalue weighted by molar-refractivity contribution is 5.64. The monoisotopic (exact) mass is 240 g/mol. The van der Waals surface area contributed by atoms with Crippen LogP contribution in [0.1, 0.15) is 0 Å². The van der Waals surface area contributed by atoms with Gasteiger partial charge in [-0.25, -0.2) is 4.98 Å². The number of nitrogens with zero attached hydrogens (tertiary/aromatic N) is 2. The number of hydrogen-bond acceptors (Lipinski definition) is 3. The molecule has 90 valence electrons. The summed E-state index contributed by atoms with van der Waals surface area (Å²) in [5.74, 6) is 1.01. The molecule has 0 spiro atoms. The number of aromatic hydroxyl groups is 1. The van der Waals surface area contributed by atoms with E-state index in [2.05, 4.69) is 4.98 Å². The summed E-state index contributed by atoms with van der Waals surface area (Å²) >= 11 is 0. The quantitative estimate of drug-likeness (QED) is 0.749. The van der Waals surface area contributed by atoms with Crippen molar-refractivity contribution in [2.75, 3.05) is 7.11 Å². The first kappa shape index (κ1) is 10.7. The molecule has 0 saturated heterocycles. The van der Waals surface area contributed by atoms with Gasteiger partial charge in [-0.2, -0.15) is 0 Å². The van der Waals surface area contributed by atoms with Crippen molar-refractivity contribution in [2.24, 2.45) is 0 Å². The molecule has 0 aliphatic rings. The van der Waals surface area contributed by atoms with Crippen molar-refractivity contribution in [2.45, 2.75) is 0 Å². The van der Waals surface area contributed by atoms with E-state index in [1.54, 1.807) is 25.3 Å². The molecule has 0 amide bonds. The van der Waals surface area contributed by atoms with Crippen LogP contribution in [-0.2, 0) is 0 Å². The van der Waals surface area contributed by atoms with Crippen LogP contribution in [0, 0.1) is 0 Å². The Morgan fingerprint density at radius 3 is 2.89 bits per heavy atom. The molecular weight excluding hydrogens is 228 g/mol. The van der Waals surface area contributed by atoms with Crippen LogP contribution in [0.15, 0.2) is 48.8 Å². The first-order valence-electron chi connectivity index (χ1n) is 5.58. The Kier molecular flexibility index (Phi) is 2.41. The largest absolute Gasteiger partial charge is 0.508 e. The van der Waals surface area contributed by atoms with E-state index in [0.717, 1.165) is 22.7 Å². The average molecular weight is 240 g/mol. The van der Waals surface area contributed by atoms with Crippen molar-refractivity contribution in [3.05, 3.63) is 48.8 Å². The Morgan fingerprint density at radius 1 is 1.22 bits per heavy atom. The lowest BCUT2D eigenvalue weighted by Gasteiger charge is -1.98. The van der Waals surface area contributed by atoms with Crippen LogP contribution < -0.4 is 4.74 Å². The highest BCUT2D eigenvalue weighted by atomic mass is 16.5. The number of benzene rings is 1. The molecule has 3 rings (SSSR count). The van der Waals surface area contributed by atoms with E-state index >= 15 is 0 Å². The zero-order chi connectivity index (χ0) is 12.5. The van der Waals surface area contributed by atoms with Gasteiger partial charge in [-0.05, 0) is 18.2 Å². The molecule has 1 aromatic carbocycles. The van der Waals surface area contributed by atoms with Crippen LogP contribution in [0.25, 0.3) is 16.9 Å². The normalized spacial score (nSPS) is 10.7. The number of imidazole rings is 1. The molecule has 0 atom stereocenters. The van der Waals surface area contributed by atoms with E-state index in [1.807, 2.05) is 35.0 Å². The molecule has 0 aliphatic carbocycles. The minimum Gasteiger partial charge on any atom is -0.508 e. The summed E-state index contributed by atoms with van der Waals surface area (Å²) in [5.41, 5.74) is 2.52. The molecule has 0 bridgehead atoms. The number of aromatic nitrogens is 2. The molecule has 2 aromatic heterocycles. The first-order valence-corrected chi connectivity index (χ1v) is 5.58. The summed E-state index contributed by atoms with van der Waals surface area (Å²) in [6.45, 7) is 0. The van der Waals surface area contributed by atoms with E-state index in [9.17, 15) is 5.11 Å². The van der Waals surface area contributed by atoms with Gasteiger partial charge < -0.3 is 14.2 Å². The van der Waals surface area contributed by atoms with Gasteiger partial charge in [0.25, 0.3) is 0 Å². The molecular formula is C14H12N2O2.